The van der Waals surface area contributed by atoms with E-state index in [2.05, 4.69) is 60.7 Å². The van der Waals surface area contributed by atoms with Crippen molar-refractivity contribution < 1.29 is 0 Å². The number of aryl methyl sites for hydroxylation is 2. The summed E-state index contributed by atoms with van der Waals surface area (Å²) in [6.45, 7) is 4.38. The molecule has 3 rings (SSSR count). The molecule has 3 aromatic rings. The molecule has 19 heavy (non-hydrogen) atoms. The van der Waals surface area contributed by atoms with E-state index in [1.807, 2.05) is 11.3 Å². The van der Waals surface area contributed by atoms with Crippen LogP contribution in [-0.4, -0.2) is 0 Å². The van der Waals surface area contributed by atoms with Gasteiger partial charge in [-0.2, -0.15) is 0 Å². The molecule has 0 nitrogen and oxygen atoms in total. The number of thiophene rings is 1. The Morgan fingerprint density at radius 1 is 1.11 bits per heavy atom. The molecule has 0 atom stereocenters. The van der Waals surface area contributed by atoms with Crippen molar-refractivity contribution in [1.82, 2.24) is 0 Å². The average Bonchev–Trinajstić information content (AvgIpc) is 2.74. The monoisotopic (exact) mass is 400 g/mol. The average molecular weight is 401 g/mol. The lowest BCUT2D eigenvalue weighted by Gasteiger charge is -2.03. The normalized spacial score (nSPS) is 11.6. The Labute approximate surface area is 135 Å². The molecule has 1 aromatic heterocycles. The second kappa shape index (κ2) is 5.23. The van der Waals surface area contributed by atoms with Crippen LogP contribution in [0.25, 0.3) is 20.2 Å². The van der Waals surface area contributed by atoms with Crippen molar-refractivity contribution in [3.8, 4) is 0 Å². The van der Waals surface area contributed by atoms with E-state index in [-0.39, 0.29) is 0 Å². The Kier molecular flexibility index (Phi) is 3.76. The van der Waals surface area contributed by atoms with Crippen LogP contribution in [0.2, 0.25) is 5.02 Å². The van der Waals surface area contributed by atoms with E-state index in [0.29, 0.717) is 0 Å². The molecule has 0 bridgehead atoms. The molecule has 0 N–H and O–H groups in total. The first kappa shape index (κ1) is 13.7. The van der Waals surface area contributed by atoms with Gasteiger partial charge in [0.05, 0.1) is 0 Å². The molecule has 0 aliphatic rings. The largest absolute Gasteiger partial charge is 0.135 e. The SMILES string of the molecule is CCc1cc2c(cc1Cl)sc1c(CC)c(I)ccc12. The molecule has 0 saturated carbocycles. The predicted octanol–water partition coefficient (Wildman–Crippen LogP) is 6.44. The van der Waals surface area contributed by atoms with Crippen LogP contribution in [0.3, 0.4) is 0 Å². The van der Waals surface area contributed by atoms with Gasteiger partial charge in [-0.15, -0.1) is 11.3 Å². The zero-order chi connectivity index (χ0) is 13.6. The fourth-order valence-corrected chi connectivity index (χ4v) is 5.25. The van der Waals surface area contributed by atoms with Crippen molar-refractivity contribution in [3.05, 3.63) is 44.0 Å². The summed E-state index contributed by atoms with van der Waals surface area (Å²) in [5.74, 6) is 0. The van der Waals surface area contributed by atoms with Crippen molar-refractivity contribution in [2.45, 2.75) is 26.7 Å². The Hall–Kier alpha value is -0.320. The fourth-order valence-electron chi connectivity index (χ4n) is 2.54. The minimum absolute atomic E-state index is 0.898. The number of hydrogen-bond acceptors (Lipinski definition) is 1. The highest BCUT2D eigenvalue weighted by Crippen LogP contribution is 2.40. The van der Waals surface area contributed by atoms with Crippen LogP contribution in [0, 0.1) is 3.57 Å². The van der Waals surface area contributed by atoms with Crippen molar-refractivity contribution in [1.29, 1.82) is 0 Å². The molecule has 0 radical (unpaired) electrons. The van der Waals surface area contributed by atoms with Crippen molar-refractivity contribution >= 4 is 65.7 Å². The maximum atomic E-state index is 6.34. The smallest absolute Gasteiger partial charge is 0.0452 e. The highest BCUT2D eigenvalue weighted by atomic mass is 127. The predicted molar refractivity (Wildman–Crippen MR) is 95.8 cm³/mol. The molecule has 0 aliphatic heterocycles. The first-order chi connectivity index (χ1) is 9.15. The van der Waals surface area contributed by atoms with Gasteiger partial charge in [0.15, 0.2) is 0 Å². The van der Waals surface area contributed by atoms with Crippen molar-refractivity contribution in [2.24, 2.45) is 0 Å². The number of fused-ring (bicyclic) bond motifs is 3. The fraction of sp³-hybridized carbons (Fsp3) is 0.250. The summed E-state index contributed by atoms with van der Waals surface area (Å²) in [6.07, 6.45) is 2.06. The van der Waals surface area contributed by atoms with Gasteiger partial charge in [0.2, 0.25) is 0 Å². The summed E-state index contributed by atoms with van der Waals surface area (Å²) in [5.41, 5.74) is 2.71. The minimum Gasteiger partial charge on any atom is -0.135 e. The van der Waals surface area contributed by atoms with Crippen LogP contribution in [0.1, 0.15) is 25.0 Å². The van der Waals surface area contributed by atoms with E-state index in [0.717, 1.165) is 17.9 Å². The van der Waals surface area contributed by atoms with Gasteiger partial charge >= 0.3 is 0 Å². The third-order valence-electron chi connectivity index (χ3n) is 3.59. The van der Waals surface area contributed by atoms with Gasteiger partial charge in [-0.25, -0.2) is 0 Å². The standard InChI is InChI=1S/C16H14ClIS/c1-3-9-7-12-11-5-6-14(18)10(4-2)16(11)19-15(12)8-13(9)17/h5-8H,3-4H2,1-2H3. The maximum absolute atomic E-state index is 6.34. The summed E-state index contributed by atoms with van der Waals surface area (Å²) in [7, 11) is 0. The summed E-state index contributed by atoms with van der Waals surface area (Å²) >= 11 is 10.6. The zero-order valence-electron chi connectivity index (χ0n) is 10.9. The number of rotatable bonds is 2. The van der Waals surface area contributed by atoms with Crippen molar-refractivity contribution in [3.63, 3.8) is 0 Å². The quantitative estimate of drug-likeness (QED) is 0.434. The molecular weight excluding hydrogens is 387 g/mol. The lowest BCUT2D eigenvalue weighted by atomic mass is 10.1. The van der Waals surface area contributed by atoms with Gasteiger partial charge in [-0.05, 0) is 64.8 Å². The molecule has 0 unspecified atom stereocenters. The topological polar surface area (TPSA) is 0 Å². The van der Waals surface area contributed by atoms with Gasteiger partial charge in [0.25, 0.3) is 0 Å². The Morgan fingerprint density at radius 3 is 2.58 bits per heavy atom. The number of benzene rings is 2. The number of hydrogen-bond donors (Lipinski definition) is 0. The molecule has 0 fully saturated rings. The van der Waals surface area contributed by atoms with Crippen LogP contribution < -0.4 is 0 Å². The minimum atomic E-state index is 0.898. The van der Waals surface area contributed by atoms with E-state index in [4.69, 9.17) is 11.6 Å². The van der Waals surface area contributed by atoms with Gasteiger partial charge in [-0.1, -0.05) is 31.5 Å². The van der Waals surface area contributed by atoms with E-state index >= 15 is 0 Å². The summed E-state index contributed by atoms with van der Waals surface area (Å²) in [6, 6.07) is 8.88. The lowest BCUT2D eigenvalue weighted by molar-refractivity contribution is 1.15. The summed E-state index contributed by atoms with van der Waals surface area (Å²) < 4.78 is 4.09. The van der Waals surface area contributed by atoms with E-state index in [1.54, 1.807) is 0 Å². The van der Waals surface area contributed by atoms with Gasteiger partial charge in [-0.3, -0.25) is 0 Å². The lowest BCUT2D eigenvalue weighted by Crippen LogP contribution is -1.85. The van der Waals surface area contributed by atoms with E-state index < -0.39 is 0 Å². The van der Waals surface area contributed by atoms with Crippen LogP contribution in [0.15, 0.2) is 24.3 Å². The Bertz CT molecular complexity index is 773. The van der Waals surface area contributed by atoms with Crippen LogP contribution >= 0.6 is 45.5 Å². The number of halogens is 2. The summed E-state index contributed by atoms with van der Waals surface area (Å²) in [4.78, 5) is 0. The van der Waals surface area contributed by atoms with Crippen LogP contribution in [-0.2, 0) is 12.8 Å². The Morgan fingerprint density at radius 2 is 1.89 bits per heavy atom. The zero-order valence-corrected chi connectivity index (χ0v) is 14.6. The third-order valence-corrected chi connectivity index (χ3v) is 6.18. The molecule has 0 saturated heterocycles. The molecule has 0 aliphatic carbocycles. The molecule has 0 amide bonds. The third kappa shape index (κ3) is 2.18. The molecule has 2 aromatic carbocycles. The highest BCUT2D eigenvalue weighted by Gasteiger charge is 2.12. The van der Waals surface area contributed by atoms with Gasteiger partial charge in [0, 0.05) is 28.8 Å². The molecule has 1 heterocycles. The molecule has 98 valence electrons. The van der Waals surface area contributed by atoms with E-state index in [9.17, 15) is 0 Å². The van der Waals surface area contributed by atoms with Crippen molar-refractivity contribution in [2.75, 3.05) is 0 Å². The molecular formula is C16H14ClIS. The molecule has 0 spiro atoms. The second-order valence-corrected chi connectivity index (χ2v) is 7.27. The first-order valence-electron chi connectivity index (χ1n) is 6.47. The first-order valence-corrected chi connectivity index (χ1v) is 8.75. The van der Waals surface area contributed by atoms with Crippen LogP contribution in [0.4, 0.5) is 0 Å². The van der Waals surface area contributed by atoms with Crippen LogP contribution in [0.5, 0.6) is 0 Å². The Balaban J connectivity index is 2.45. The second-order valence-electron chi connectivity index (χ2n) is 4.65. The van der Waals surface area contributed by atoms with Gasteiger partial charge < -0.3 is 0 Å². The van der Waals surface area contributed by atoms with Gasteiger partial charge in [0.1, 0.15) is 0 Å². The van der Waals surface area contributed by atoms with E-state index in [1.165, 1.54) is 34.9 Å². The molecule has 3 heteroatoms. The summed E-state index contributed by atoms with van der Waals surface area (Å²) in [5, 5.41) is 3.63. The highest BCUT2D eigenvalue weighted by molar-refractivity contribution is 14.1. The maximum Gasteiger partial charge on any atom is 0.0452 e.